The summed E-state index contributed by atoms with van der Waals surface area (Å²) in [6, 6.07) is 4.80. The molecule has 0 fully saturated rings. The zero-order valence-corrected chi connectivity index (χ0v) is 14.9. The molecule has 0 radical (unpaired) electrons. The third-order valence-electron chi connectivity index (χ3n) is 4.08. The van der Waals surface area contributed by atoms with Crippen molar-refractivity contribution in [2.45, 2.75) is 26.7 Å². The molecule has 0 spiro atoms. The molecule has 1 atom stereocenters. The number of likely N-dealkylation sites (N-methyl/N-ethyl adjacent to an activating group) is 1. The summed E-state index contributed by atoms with van der Waals surface area (Å²) in [7, 11) is 3.12. The van der Waals surface area contributed by atoms with Crippen molar-refractivity contribution in [1.29, 1.82) is 0 Å². The molecule has 2 amide bonds. The van der Waals surface area contributed by atoms with E-state index in [1.165, 1.54) is 11.0 Å². The first-order chi connectivity index (χ1) is 11.8. The van der Waals surface area contributed by atoms with Gasteiger partial charge in [0, 0.05) is 20.5 Å². The van der Waals surface area contributed by atoms with Crippen molar-refractivity contribution in [1.82, 2.24) is 4.90 Å². The van der Waals surface area contributed by atoms with Crippen molar-refractivity contribution >= 4 is 23.3 Å². The summed E-state index contributed by atoms with van der Waals surface area (Å²) in [6.45, 7) is 3.96. The Labute approximate surface area is 146 Å². The molecule has 0 bridgehead atoms. The number of benzene rings is 1. The van der Waals surface area contributed by atoms with Crippen LogP contribution in [0.4, 0.5) is 5.69 Å². The molecule has 0 saturated heterocycles. The van der Waals surface area contributed by atoms with Gasteiger partial charge in [-0.2, -0.15) is 0 Å². The first-order valence-electron chi connectivity index (χ1n) is 8.13. The van der Waals surface area contributed by atoms with E-state index in [9.17, 15) is 14.4 Å². The van der Waals surface area contributed by atoms with Crippen LogP contribution in [0.1, 0.15) is 37.0 Å². The second-order valence-electron chi connectivity index (χ2n) is 6.32. The molecule has 0 saturated carbocycles. The molecule has 7 heteroatoms. The maximum absolute atomic E-state index is 12.7. The van der Waals surface area contributed by atoms with E-state index in [1.54, 1.807) is 26.2 Å². The Morgan fingerprint density at radius 1 is 1.28 bits per heavy atom. The minimum atomic E-state index is -0.676. The van der Waals surface area contributed by atoms with E-state index < -0.39 is 11.8 Å². The van der Waals surface area contributed by atoms with E-state index in [4.69, 9.17) is 10.5 Å². The van der Waals surface area contributed by atoms with Crippen molar-refractivity contribution < 1.29 is 19.1 Å². The maximum Gasteiger partial charge on any atom is 0.291 e. The van der Waals surface area contributed by atoms with Crippen LogP contribution in [-0.2, 0) is 9.59 Å². The van der Waals surface area contributed by atoms with Gasteiger partial charge in [-0.05, 0) is 18.1 Å². The average molecular weight is 345 g/mol. The maximum atomic E-state index is 12.7. The van der Waals surface area contributed by atoms with Crippen LogP contribution in [-0.4, -0.2) is 36.6 Å². The van der Waals surface area contributed by atoms with Crippen LogP contribution >= 0.6 is 0 Å². The topological polar surface area (TPSA) is 102 Å². The Kier molecular flexibility index (Phi) is 5.46. The summed E-state index contributed by atoms with van der Waals surface area (Å²) in [5.41, 5.74) is 6.05. The Hall–Kier alpha value is -2.83. The van der Waals surface area contributed by atoms with Gasteiger partial charge in [0.05, 0.1) is 11.3 Å². The lowest BCUT2D eigenvalue weighted by Gasteiger charge is -2.26. The normalized spacial score (nSPS) is 14.1. The van der Waals surface area contributed by atoms with E-state index in [0.717, 1.165) is 6.42 Å². The summed E-state index contributed by atoms with van der Waals surface area (Å²) in [5, 5.41) is 2.96. The molecule has 1 aliphatic heterocycles. The van der Waals surface area contributed by atoms with Crippen LogP contribution in [0.2, 0.25) is 0 Å². The number of fused-ring (bicyclic) bond motifs is 1. The summed E-state index contributed by atoms with van der Waals surface area (Å²) in [6.07, 6.45) is 1.14. The zero-order chi connectivity index (χ0) is 18.7. The third-order valence-corrected chi connectivity index (χ3v) is 4.08. The number of allylic oxidation sites excluding steroid dienone is 1. The van der Waals surface area contributed by atoms with Crippen molar-refractivity contribution in [3.8, 4) is 5.75 Å². The standard InChI is InChI=1S/C18H23N3O4/c1-5-10(2)9-13(22)14-16(18(24)21(3)4)25-15-11(17(19)23)7-6-8-12(15)20-14/h6-8,10,20H,5,9H2,1-4H3,(H2,19,23). The molecule has 1 aromatic carbocycles. The van der Waals surface area contributed by atoms with Gasteiger partial charge in [-0.1, -0.05) is 26.3 Å². The van der Waals surface area contributed by atoms with Gasteiger partial charge >= 0.3 is 0 Å². The van der Waals surface area contributed by atoms with Gasteiger partial charge in [-0.15, -0.1) is 0 Å². The molecule has 25 heavy (non-hydrogen) atoms. The van der Waals surface area contributed by atoms with Gasteiger partial charge in [0.15, 0.2) is 11.5 Å². The Balaban J connectivity index is 2.50. The summed E-state index contributed by atoms with van der Waals surface area (Å²) in [4.78, 5) is 38.1. The van der Waals surface area contributed by atoms with Crippen molar-refractivity contribution in [2.75, 3.05) is 19.4 Å². The molecule has 2 rings (SSSR count). The highest BCUT2D eigenvalue weighted by Crippen LogP contribution is 2.36. The van der Waals surface area contributed by atoms with Crippen molar-refractivity contribution in [2.24, 2.45) is 11.7 Å². The number of para-hydroxylation sites is 1. The van der Waals surface area contributed by atoms with Gasteiger partial charge in [0.1, 0.15) is 5.70 Å². The first kappa shape index (κ1) is 18.5. The van der Waals surface area contributed by atoms with Crippen molar-refractivity contribution in [3.63, 3.8) is 0 Å². The van der Waals surface area contributed by atoms with Crippen LogP contribution in [0.25, 0.3) is 0 Å². The number of nitrogens with two attached hydrogens (primary N) is 1. The molecule has 0 aliphatic carbocycles. The number of ketones is 1. The minimum absolute atomic E-state index is 0.105. The van der Waals surface area contributed by atoms with Crippen LogP contribution < -0.4 is 15.8 Å². The quantitative estimate of drug-likeness (QED) is 0.820. The number of hydrogen-bond acceptors (Lipinski definition) is 5. The van der Waals surface area contributed by atoms with E-state index in [2.05, 4.69) is 5.32 Å². The largest absolute Gasteiger partial charge is 0.446 e. The van der Waals surface area contributed by atoms with Crippen molar-refractivity contribution in [3.05, 3.63) is 35.2 Å². The highest BCUT2D eigenvalue weighted by atomic mass is 16.5. The van der Waals surface area contributed by atoms with Crippen LogP contribution in [0, 0.1) is 5.92 Å². The Bertz CT molecular complexity index is 753. The lowest BCUT2D eigenvalue weighted by molar-refractivity contribution is -0.127. The number of carbonyl (C=O) groups is 3. The fraction of sp³-hybridized carbons (Fsp3) is 0.389. The second-order valence-corrected chi connectivity index (χ2v) is 6.32. The molecule has 1 aromatic rings. The molecule has 7 nitrogen and oxygen atoms in total. The van der Waals surface area contributed by atoms with E-state index >= 15 is 0 Å². The highest BCUT2D eigenvalue weighted by Gasteiger charge is 2.32. The molecule has 1 unspecified atom stereocenters. The summed E-state index contributed by atoms with van der Waals surface area (Å²) >= 11 is 0. The number of anilines is 1. The van der Waals surface area contributed by atoms with Gasteiger partial charge < -0.3 is 20.7 Å². The number of hydrogen-bond donors (Lipinski definition) is 2. The zero-order valence-electron chi connectivity index (χ0n) is 14.9. The van der Waals surface area contributed by atoms with Gasteiger partial charge in [-0.3, -0.25) is 14.4 Å². The van der Waals surface area contributed by atoms with Gasteiger partial charge in [0.2, 0.25) is 5.76 Å². The molecule has 1 heterocycles. The fourth-order valence-electron chi connectivity index (χ4n) is 2.40. The van der Waals surface area contributed by atoms with Crippen LogP contribution in [0.15, 0.2) is 29.7 Å². The molecule has 3 N–H and O–H groups in total. The van der Waals surface area contributed by atoms with Crippen LogP contribution in [0.3, 0.4) is 0 Å². The number of nitrogens with zero attached hydrogens (tertiary/aromatic N) is 1. The number of ether oxygens (including phenoxy) is 1. The van der Waals surface area contributed by atoms with E-state index in [0.29, 0.717) is 5.69 Å². The molecular formula is C18H23N3O4. The molecular weight excluding hydrogens is 322 g/mol. The SMILES string of the molecule is CCC(C)CC(=O)C1=C(C(=O)N(C)C)Oc2c(cccc2C(N)=O)N1. The predicted octanol–water partition coefficient (Wildman–Crippen LogP) is 1.89. The first-order valence-corrected chi connectivity index (χ1v) is 8.13. The number of rotatable bonds is 6. The summed E-state index contributed by atoms with van der Waals surface area (Å²) < 4.78 is 5.70. The minimum Gasteiger partial charge on any atom is -0.446 e. The number of carbonyl (C=O) groups excluding carboxylic acids is 3. The van der Waals surface area contributed by atoms with E-state index in [-0.39, 0.29) is 40.9 Å². The molecule has 0 aromatic heterocycles. The fourth-order valence-corrected chi connectivity index (χ4v) is 2.40. The number of amides is 2. The molecule has 1 aliphatic rings. The van der Waals surface area contributed by atoms with E-state index in [1.807, 2.05) is 13.8 Å². The molecule has 134 valence electrons. The number of Topliss-reactive ketones (excluding diaryl/α,β-unsaturated/α-hetero) is 1. The highest BCUT2D eigenvalue weighted by molar-refractivity contribution is 6.09. The number of nitrogens with one attached hydrogen (secondary N) is 1. The lowest BCUT2D eigenvalue weighted by atomic mass is 9.99. The lowest BCUT2D eigenvalue weighted by Crippen LogP contribution is -2.33. The second kappa shape index (κ2) is 7.38. The average Bonchev–Trinajstić information content (AvgIpc) is 2.58. The Morgan fingerprint density at radius 2 is 1.96 bits per heavy atom. The smallest absolute Gasteiger partial charge is 0.291 e. The monoisotopic (exact) mass is 345 g/mol. The summed E-state index contributed by atoms with van der Waals surface area (Å²) in [5.74, 6) is -1.15. The van der Waals surface area contributed by atoms with Gasteiger partial charge in [0.25, 0.3) is 11.8 Å². The predicted molar refractivity (Wildman–Crippen MR) is 94.0 cm³/mol. The van der Waals surface area contributed by atoms with Gasteiger partial charge in [-0.25, -0.2) is 0 Å². The third kappa shape index (κ3) is 3.81. The Morgan fingerprint density at radius 3 is 2.52 bits per heavy atom. The van der Waals surface area contributed by atoms with Crippen LogP contribution in [0.5, 0.6) is 5.75 Å². The number of primary amides is 1.